The molecule has 7 rings (SSSR count). The molecular weight excluding hydrogens is 904 g/mol. The van der Waals surface area contributed by atoms with Crippen LogP contribution >= 0.6 is 11.6 Å². The van der Waals surface area contributed by atoms with Crippen LogP contribution in [-0.2, 0) is 38.1 Å². The number of halogens is 1. The molecule has 4 heterocycles. The Kier molecular flexibility index (Phi) is 18.2. The Balaban J connectivity index is 0.752. The number of likely N-dealkylation sites (N-methyl/N-ethyl adjacent to an activating group) is 1. The summed E-state index contributed by atoms with van der Waals surface area (Å²) in [4.78, 5) is 81.2. The number of benzene rings is 3. The SMILES string of the molecule is CN1CCN(C(=O)Oc2cc3c(c4ccccc24)[C@H](CCl)CN3C(=O)c2cc3cc(OCCNC(=O)CCOCCOCCOCCOCCNC(=O)CCN4C(=O)C=CC4=O)ccc3o2)CC1. The minimum absolute atomic E-state index is 0.0268. The Hall–Kier alpha value is -6.09. The maximum atomic E-state index is 14.2. The van der Waals surface area contributed by atoms with E-state index in [-0.39, 0.29) is 74.4 Å². The van der Waals surface area contributed by atoms with Crippen LogP contribution in [-0.4, -0.2) is 175 Å². The van der Waals surface area contributed by atoms with Crippen LogP contribution in [0, 0.1) is 0 Å². The van der Waals surface area contributed by atoms with E-state index in [0.29, 0.717) is 101 Å². The predicted molar refractivity (Wildman–Crippen MR) is 250 cm³/mol. The van der Waals surface area contributed by atoms with E-state index < -0.39 is 17.9 Å². The van der Waals surface area contributed by atoms with Gasteiger partial charge in [0.15, 0.2) is 5.76 Å². The highest BCUT2D eigenvalue weighted by Gasteiger charge is 2.37. The lowest BCUT2D eigenvalue weighted by Crippen LogP contribution is -2.48. The molecule has 0 aliphatic carbocycles. The number of nitrogens with zero attached hydrogens (tertiary/aromatic N) is 4. The molecule has 19 nitrogen and oxygen atoms in total. The first-order valence-corrected chi connectivity index (χ1v) is 23.3. The van der Waals surface area contributed by atoms with Crippen LogP contribution in [0.25, 0.3) is 21.7 Å². The molecule has 364 valence electrons. The van der Waals surface area contributed by atoms with E-state index in [9.17, 15) is 28.8 Å². The van der Waals surface area contributed by atoms with Crippen LogP contribution in [0.2, 0.25) is 0 Å². The quantitative estimate of drug-likeness (QED) is 0.0552. The third kappa shape index (κ3) is 13.3. The zero-order chi connectivity index (χ0) is 47.8. The van der Waals surface area contributed by atoms with Gasteiger partial charge in [0.2, 0.25) is 11.8 Å². The molecule has 68 heavy (non-hydrogen) atoms. The zero-order valence-corrected chi connectivity index (χ0v) is 38.8. The normalized spacial score (nSPS) is 16.0. The van der Waals surface area contributed by atoms with E-state index in [1.807, 2.05) is 31.3 Å². The van der Waals surface area contributed by atoms with Crippen molar-refractivity contribution < 1.29 is 61.6 Å². The molecule has 2 N–H and O–H groups in total. The largest absolute Gasteiger partial charge is 0.492 e. The van der Waals surface area contributed by atoms with Crippen molar-refractivity contribution in [1.82, 2.24) is 25.3 Å². The summed E-state index contributed by atoms with van der Waals surface area (Å²) in [5.41, 5.74) is 2.05. The number of hydrogen-bond donors (Lipinski definition) is 2. The first kappa shape index (κ1) is 49.8. The lowest BCUT2D eigenvalue weighted by atomic mass is 9.95. The van der Waals surface area contributed by atoms with Crippen molar-refractivity contribution in [3.05, 3.63) is 78.1 Å². The number of rotatable bonds is 25. The molecule has 4 aromatic rings. The fourth-order valence-electron chi connectivity index (χ4n) is 7.90. The summed E-state index contributed by atoms with van der Waals surface area (Å²) in [7, 11) is 2.02. The minimum atomic E-state index is -0.429. The first-order chi connectivity index (χ1) is 33.1. The summed E-state index contributed by atoms with van der Waals surface area (Å²) in [5, 5.41) is 7.80. The van der Waals surface area contributed by atoms with Gasteiger partial charge in [0.25, 0.3) is 17.7 Å². The van der Waals surface area contributed by atoms with Crippen LogP contribution in [0.15, 0.2) is 71.2 Å². The monoisotopic (exact) mass is 960 g/mol. The molecular formula is C48H57ClN6O13. The van der Waals surface area contributed by atoms with E-state index >= 15 is 0 Å². The Bertz CT molecular complexity index is 2440. The number of fused-ring (bicyclic) bond motifs is 4. The van der Waals surface area contributed by atoms with E-state index in [4.69, 9.17) is 44.4 Å². The molecule has 0 saturated carbocycles. The summed E-state index contributed by atoms with van der Waals surface area (Å²) < 4.78 is 39.8. The fraction of sp³-hybridized carbons (Fsp3) is 0.458. The first-order valence-electron chi connectivity index (χ1n) is 22.7. The second kappa shape index (κ2) is 24.8. The average Bonchev–Trinajstić information content (AvgIpc) is 4.04. The molecule has 3 aliphatic rings. The molecule has 1 atom stereocenters. The van der Waals surface area contributed by atoms with Gasteiger partial charge in [-0.1, -0.05) is 24.3 Å². The van der Waals surface area contributed by atoms with Crippen molar-refractivity contribution in [2.24, 2.45) is 0 Å². The third-order valence-corrected chi connectivity index (χ3v) is 11.9. The summed E-state index contributed by atoms with van der Waals surface area (Å²) in [6.07, 6.45) is 2.14. The number of imide groups is 1. The fourth-order valence-corrected chi connectivity index (χ4v) is 8.16. The third-order valence-electron chi connectivity index (χ3n) is 11.5. The molecule has 3 aliphatic heterocycles. The van der Waals surface area contributed by atoms with Gasteiger partial charge in [0.1, 0.15) is 23.7 Å². The molecule has 0 radical (unpaired) electrons. The van der Waals surface area contributed by atoms with E-state index in [2.05, 4.69) is 15.5 Å². The zero-order valence-electron chi connectivity index (χ0n) is 38.0. The Labute approximate surface area is 398 Å². The van der Waals surface area contributed by atoms with Gasteiger partial charge >= 0.3 is 6.09 Å². The number of alkyl halides is 1. The molecule has 1 fully saturated rings. The highest BCUT2D eigenvalue weighted by molar-refractivity contribution is 6.19. The highest BCUT2D eigenvalue weighted by Crippen LogP contribution is 2.46. The Morgan fingerprint density at radius 3 is 2.06 bits per heavy atom. The van der Waals surface area contributed by atoms with Crippen molar-refractivity contribution in [2.75, 3.05) is 130 Å². The number of piperazine rings is 1. The second-order valence-corrected chi connectivity index (χ2v) is 16.6. The second-order valence-electron chi connectivity index (χ2n) is 16.2. The maximum absolute atomic E-state index is 14.2. The lowest BCUT2D eigenvalue weighted by molar-refractivity contribution is -0.137. The van der Waals surface area contributed by atoms with Gasteiger partial charge in [0.05, 0.1) is 65.1 Å². The number of nitrogens with one attached hydrogen (secondary N) is 2. The number of amides is 6. The number of hydrogen-bond acceptors (Lipinski definition) is 14. The smallest absolute Gasteiger partial charge is 0.415 e. The number of carbonyl (C=O) groups excluding carboxylic acids is 6. The highest BCUT2D eigenvalue weighted by atomic mass is 35.5. The van der Waals surface area contributed by atoms with Gasteiger partial charge in [-0.2, -0.15) is 0 Å². The molecule has 1 saturated heterocycles. The molecule has 0 unspecified atom stereocenters. The van der Waals surface area contributed by atoms with E-state index in [1.54, 1.807) is 40.1 Å². The van der Waals surface area contributed by atoms with E-state index in [0.717, 1.165) is 34.3 Å². The lowest BCUT2D eigenvalue weighted by Gasteiger charge is -2.31. The van der Waals surface area contributed by atoms with Crippen molar-refractivity contribution in [3.63, 3.8) is 0 Å². The summed E-state index contributed by atoms with van der Waals surface area (Å²) in [5.74, 6) is -0.441. The van der Waals surface area contributed by atoms with Crippen LogP contribution in [0.3, 0.4) is 0 Å². The van der Waals surface area contributed by atoms with Gasteiger partial charge in [-0.05, 0) is 42.3 Å². The predicted octanol–water partition coefficient (Wildman–Crippen LogP) is 3.70. The topological polar surface area (TPSA) is 208 Å². The number of anilines is 1. The Morgan fingerprint density at radius 2 is 1.37 bits per heavy atom. The molecule has 20 heteroatoms. The molecule has 3 aromatic carbocycles. The van der Waals surface area contributed by atoms with Crippen molar-refractivity contribution in [2.45, 2.75) is 18.8 Å². The van der Waals surface area contributed by atoms with Crippen LogP contribution in [0.4, 0.5) is 10.5 Å². The summed E-state index contributed by atoms with van der Waals surface area (Å²) in [6, 6.07) is 16.4. The van der Waals surface area contributed by atoms with Crippen LogP contribution in [0.5, 0.6) is 11.5 Å². The van der Waals surface area contributed by atoms with E-state index in [1.165, 1.54) is 12.2 Å². The van der Waals surface area contributed by atoms with Gasteiger partial charge in [-0.15, -0.1) is 11.6 Å². The van der Waals surface area contributed by atoms with Crippen LogP contribution in [0.1, 0.15) is 34.9 Å². The van der Waals surface area contributed by atoms with Crippen LogP contribution < -0.4 is 25.0 Å². The maximum Gasteiger partial charge on any atom is 0.415 e. The summed E-state index contributed by atoms with van der Waals surface area (Å²) in [6.45, 7) is 6.43. The van der Waals surface area contributed by atoms with Gasteiger partial charge in [-0.3, -0.25) is 28.9 Å². The van der Waals surface area contributed by atoms with Gasteiger partial charge < -0.3 is 58.2 Å². The molecule has 1 aromatic heterocycles. The van der Waals surface area contributed by atoms with Crippen molar-refractivity contribution in [1.29, 1.82) is 0 Å². The summed E-state index contributed by atoms with van der Waals surface area (Å²) >= 11 is 6.51. The molecule has 6 amide bonds. The van der Waals surface area contributed by atoms with Gasteiger partial charge in [0, 0.05) is 99.4 Å². The minimum Gasteiger partial charge on any atom is -0.492 e. The molecule has 0 spiro atoms. The molecule has 0 bridgehead atoms. The number of carbonyl (C=O) groups is 6. The average molecular weight is 961 g/mol. The standard InChI is InChI=1S/C48H57ClN6O13/c1-52-15-17-53(18-16-52)48(61)68-40-30-38-46(37-5-3-2-4-36(37)40)34(31-49)32-55(38)47(60)41-29-33-28-35(6-7-39(33)67-41)66-21-13-51-43(57)11-19-62-22-24-64-26-27-65-25-23-63-20-12-50-42(56)10-14-54-44(58)8-9-45(54)59/h2-9,28-30,34H,10-27,31-32H2,1H3,(H,50,56)(H,51,57)/t34-/m1/s1. The van der Waals surface area contributed by atoms with Crippen molar-refractivity contribution >= 4 is 74.7 Å². The van der Waals surface area contributed by atoms with Gasteiger partial charge in [-0.25, -0.2) is 4.79 Å². The van der Waals surface area contributed by atoms with Crippen molar-refractivity contribution in [3.8, 4) is 11.5 Å². The Morgan fingerprint density at radius 1 is 0.735 bits per heavy atom. The number of ether oxygens (including phenoxy) is 6. The number of furan rings is 1.